The predicted molar refractivity (Wildman–Crippen MR) is 30.3 cm³/mol. The maximum atomic E-state index is 8.42. The van der Waals surface area contributed by atoms with Gasteiger partial charge in [0.05, 0.1) is 6.26 Å². The molecule has 0 saturated heterocycles. The van der Waals surface area contributed by atoms with E-state index in [4.69, 9.17) is 9.84 Å². The number of hydrogen-bond donors (Lipinski definition) is 1. The summed E-state index contributed by atoms with van der Waals surface area (Å²) in [6.07, 6.45) is 5.63. The molecule has 0 aromatic rings. The van der Waals surface area contributed by atoms with Crippen LogP contribution in [0.25, 0.3) is 0 Å². The summed E-state index contributed by atoms with van der Waals surface area (Å²) in [5.74, 6) is 0. The Bertz CT molecular complexity index is 80.5. The van der Waals surface area contributed by atoms with Gasteiger partial charge in [-0.25, -0.2) is 0 Å². The first kappa shape index (κ1) is 5.63. The molecule has 0 aliphatic carbocycles. The van der Waals surface area contributed by atoms with Gasteiger partial charge >= 0.3 is 0 Å². The van der Waals surface area contributed by atoms with Crippen LogP contribution in [0.2, 0.25) is 0 Å². The first-order chi connectivity index (χ1) is 3.93. The van der Waals surface area contributed by atoms with E-state index < -0.39 is 0 Å². The Hall–Kier alpha value is -0.500. The van der Waals surface area contributed by atoms with Crippen molar-refractivity contribution in [3.05, 3.63) is 12.3 Å². The molecule has 0 saturated carbocycles. The molecule has 0 spiro atoms. The quantitative estimate of drug-likeness (QED) is 0.571. The topological polar surface area (TPSA) is 29.5 Å². The number of hydrogen-bond acceptors (Lipinski definition) is 2. The molecule has 1 N–H and O–H groups in total. The smallest absolute Gasteiger partial charge is 0.104 e. The van der Waals surface area contributed by atoms with Crippen molar-refractivity contribution in [2.45, 2.75) is 18.9 Å². The molecule has 0 bridgehead atoms. The van der Waals surface area contributed by atoms with Crippen LogP contribution in [0.5, 0.6) is 0 Å². The first-order valence-electron chi connectivity index (χ1n) is 2.85. The van der Waals surface area contributed by atoms with E-state index in [0.717, 1.165) is 12.8 Å². The van der Waals surface area contributed by atoms with E-state index in [1.54, 1.807) is 6.26 Å². The maximum absolute atomic E-state index is 8.42. The highest BCUT2D eigenvalue weighted by Crippen LogP contribution is 2.10. The van der Waals surface area contributed by atoms with Crippen molar-refractivity contribution in [2.75, 3.05) is 6.61 Å². The van der Waals surface area contributed by atoms with E-state index in [1.807, 2.05) is 6.08 Å². The van der Waals surface area contributed by atoms with Crippen molar-refractivity contribution in [3.8, 4) is 0 Å². The second-order valence-electron chi connectivity index (χ2n) is 1.88. The first-order valence-corrected chi connectivity index (χ1v) is 2.85. The zero-order valence-corrected chi connectivity index (χ0v) is 4.71. The monoisotopic (exact) mass is 114 g/mol. The van der Waals surface area contributed by atoms with Crippen LogP contribution in [0.4, 0.5) is 0 Å². The number of aliphatic hydroxyl groups excluding tert-OH is 1. The second-order valence-corrected chi connectivity index (χ2v) is 1.88. The molecule has 1 atom stereocenters. The Morgan fingerprint density at radius 1 is 1.75 bits per heavy atom. The average molecular weight is 114 g/mol. The highest BCUT2D eigenvalue weighted by atomic mass is 16.5. The maximum Gasteiger partial charge on any atom is 0.104 e. The molecule has 0 aromatic carbocycles. The van der Waals surface area contributed by atoms with E-state index in [0.29, 0.717) is 0 Å². The Kier molecular flexibility index (Phi) is 1.92. The van der Waals surface area contributed by atoms with E-state index >= 15 is 0 Å². The molecular weight excluding hydrogens is 104 g/mol. The van der Waals surface area contributed by atoms with Crippen LogP contribution in [0.3, 0.4) is 0 Å². The minimum atomic E-state index is 0.229. The van der Waals surface area contributed by atoms with Crippen LogP contribution in [0.15, 0.2) is 12.3 Å². The SMILES string of the molecule is OCCC1CC=CO1. The van der Waals surface area contributed by atoms with E-state index in [2.05, 4.69) is 0 Å². The van der Waals surface area contributed by atoms with Crippen molar-refractivity contribution in [3.63, 3.8) is 0 Å². The van der Waals surface area contributed by atoms with E-state index in [9.17, 15) is 0 Å². The van der Waals surface area contributed by atoms with Crippen LogP contribution >= 0.6 is 0 Å². The van der Waals surface area contributed by atoms with Crippen LogP contribution in [-0.4, -0.2) is 17.8 Å². The van der Waals surface area contributed by atoms with Gasteiger partial charge in [-0.1, -0.05) is 0 Å². The third-order valence-corrected chi connectivity index (χ3v) is 1.22. The molecular formula is C6H10O2. The van der Waals surface area contributed by atoms with Gasteiger partial charge in [0.25, 0.3) is 0 Å². The molecule has 1 aliphatic rings. The molecule has 2 nitrogen and oxygen atoms in total. The van der Waals surface area contributed by atoms with Gasteiger partial charge in [-0.05, 0) is 6.08 Å². The third-order valence-electron chi connectivity index (χ3n) is 1.22. The fraction of sp³-hybridized carbons (Fsp3) is 0.667. The molecule has 1 unspecified atom stereocenters. The number of rotatable bonds is 2. The van der Waals surface area contributed by atoms with Crippen LogP contribution in [-0.2, 0) is 4.74 Å². The van der Waals surface area contributed by atoms with Gasteiger partial charge in [0.15, 0.2) is 0 Å². The van der Waals surface area contributed by atoms with E-state index in [1.165, 1.54) is 0 Å². The molecule has 0 fully saturated rings. The van der Waals surface area contributed by atoms with Crippen molar-refractivity contribution in [2.24, 2.45) is 0 Å². The summed E-state index contributed by atoms with van der Waals surface area (Å²) in [4.78, 5) is 0. The molecule has 0 radical (unpaired) electrons. The summed E-state index contributed by atoms with van der Waals surface area (Å²) in [7, 11) is 0. The van der Waals surface area contributed by atoms with Gasteiger partial charge < -0.3 is 9.84 Å². The fourth-order valence-electron chi connectivity index (χ4n) is 0.759. The van der Waals surface area contributed by atoms with Gasteiger partial charge in [-0.3, -0.25) is 0 Å². The standard InChI is InChI=1S/C6H10O2/c7-4-3-6-2-1-5-8-6/h1,5-7H,2-4H2. The molecule has 0 aromatic heterocycles. The van der Waals surface area contributed by atoms with Crippen molar-refractivity contribution in [1.29, 1.82) is 0 Å². The Labute approximate surface area is 48.8 Å². The zero-order valence-electron chi connectivity index (χ0n) is 4.71. The molecule has 2 heteroatoms. The van der Waals surface area contributed by atoms with Crippen molar-refractivity contribution < 1.29 is 9.84 Å². The lowest BCUT2D eigenvalue weighted by atomic mass is 10.2. The Morgan fingerprint density at radius 3 is 3.12 bits per heavy atom. The van der Waals surface area contributed by atoms with Gasteiger partial charge in [0.1, 0.15) is 6.10 Å². The van der Waals surface area contributed by atoms with Crippen molar-refractivity contribution in [1.82, 2.24) is 0 Å². The molecule has 1 aliphatic heterocycles. The predicted octanol–water partition coefficient (Wildman–Crippen LogP) is 0.671. The summed E-state index contributed by atoms with van der Waals surface area (Å²) < 4.78 is 5.05. The minimum Gasteiger partial charge on any atom is -0.498 e. The Balaban J connectivity index is 2.10. The molecule has 0 amide bonds. The highest BCUT2D eigenvalue weighted by molar-refractivity contribution is 4.85. The molecule has 1 rings (SSSR count). The third kappa shape index (κ3) is 1.23. The van der Waals surface area contributed by atoms with Gasteiger partial charge in [-0.15, -0.1) is 0 Å². The lowest BCUT2D eigenvalue weighted by Gasteiger charge is -2.05. The van der Waals surface area contributed by atoms with Gasteiger partial charge in [0, 0.05) is 19.4 Å². The van der Waals surface area contributed by atoms with E-state index in [-0.39, 0.29) is 12.7 Å². The Morgan fingerprint density at radius 2 is 2.62 bits per heavy atom. The lowest BCUT2D eigenvalue weighted by Crippen LogP contribution is -2.05. The van der Waals surface area contributed by atoms with Gasteiger partial charge in [0.2, 0.25) is 0 Å². The number of ether oxygens (including phenoxy) is 1. The van der Waals surface area contributed by atoms with Crippen LogP contribution in [0, 0.1) is 0 Å². The summed E-state index contributed by atoms with van der Waals surface area (Å²) in [5, 5.41) is 8.42. The normalized spacial score (nSPS) is 25.9. The largest absolute Gasteiger partial charge is 0.498 e. The summed E-state index contributed by atoms with van der Waals surface area (Å²) in [6.45, 7) is 0.229. The fourth-order valence-corrected chi connectivity index (χ4v) is 0.759. The summed E-state index contributed by atoms with van der Waals surface area (Å²) in [5.41, 5.74) is 0. The zero-order chi connectivity index (χ0) is 5.82. The highest BCUT2D eigenvalue weighted by Gasteiger charge is 2.08. The second kappa shape index (κ2) is 2.72. The van der Waals surface area contributed by atoms with Crippen LogP contribution < -0.4 is 0 Å². The van der Waals surface area contributed by atoms with Gasteiger partial charge in [-0.2, -0.15) is 0 Å². The summed E-state index contributed by atoms with van der Waals surface area (Å²) in [6, 6.07) is 0. The lowest BCUT2D eigenvalue weighted by molar-refractivity contribution is 0.132. The average Bonchev–Trinajstić information content (AvgIpc) is 2.19. The number of aliphatic hydroxyl groups is 1. The molecule has 1 heterocycles. The summed E-state index contributed by atoms with van der Waals surface area (Å²) >= 11 is 0. The van der Waals surface area contributed by atoms with Crippen molar-refractivity contribution >= 4 is 0 Å². The molecule has 8 heavy (non-hydrogen) atoms. The minimum absolute atomic E-state index is 0.229. The molecule has 46 valence electrons. The van der Waals surface area contributed by atoms with Crippen LogP contribution in [0.1, 0.15) is 12.8 Å².